The van der Waals surface area contributed by atoms with E-state index >= 15 is 0 Å². The number of barbiturate groups is 1. The molecular formula is C17H11N3O8S. The van der Waals surface area contributed by atoms with Crippen molar-refractivity contribution in [1.82, 2.24) is 10.6 Å². The summed E-state index contributed by atoms with van der Waals surface area (Å²) in [6.45, 7) is 0. The van der Waals surface area contributed by atoms with Gasteiger partial charge in [-0.2, -0.15) is 8.42 Å². The molecule has 2 aromatic rings. The van der Waals surface area contributed by atoms with Crippen molar-refractivity contribution in [2.24, 2.45) is 0 Å². The Morgan fingerprint density at radius 1 is 0.966 bits per heavy atom. The normalized spacial score (nSPS) is 14.1. The molecule has 4 amide bonds. The lowest BCUT2D eigenvalue weighted by atomic mass is 10.1. The van der Waals surface area contributed by atoms with Crippen LogP contribution in [0.4, 0.5) is 10.5 Å². The Morgan fingerprint density at radius 2 is 1.62 bits per heavy atom. The summed E-state index contributed by atoms with van der Waals surface area (Å²) in [6, 6.07) is 8.90. The van der Waals surface area contributed by atoms with Crippen molar-refractivity contribution in [3.63, 3.8) is 0 Å². The molecule has 2 N–H and O–H groups in total. The number of rotatable bonds is 5. The number of amides is 4. The number of urea groups is 1. The Labute approximate surface area is 163 Å². The Hall–Kier alpha value is -4.06. The number of nitrogens with zero attached hydrogens (tertiary/aromatic N) is 1. The Kier molecular flexibility index (Phi) is 5.10. The summed E-state index contributed by atoms with van der Waals surface area (Å²) in [4.78, 5) is 44.5. The third-order valence-corrected chi connectivity index (χ3v) is 4.91. The van der Waals surface area contributed by atoms with Gasteiger partial charge < -0.3 is 4.18 Å². The van der Waals surface area contributed by atoms with Crippen LogP contribution in [-0.4, -0.2) is 31.2 Å². The second kappa shape index (κ2) is 7.52. The molecule has 11 nitrogen and oxygen atoms in total. The fourth-order valence-electron chi connectivity index (χ4n) is 2.36. The van der Waals surface area contributed by atoms with Gasteiger partial charge in [0.1, 0.15) is 16.2 Å². The molecule has 1 fully saturated rings. The number of para-hydroxylation sites is 1. The molecule has 0 radical (unpaired) electrons. The van der Waals surface area contributed by atoms with Crippen molar-refractivity contribution < 1.29 is 31.9 Å². The molecule has 1 aliphatic heterocycles. The average Bonchev–Trinajstić information content (AvgIpc) is 2.65. The minimum absolute atomic E-state index is 0.0520. The number of nitro groups is 1. The lowest BCUT2D eigenvalue weighted by Crippen LogP contribution is -2.51. The maximum absolute atomic E-state index is 12.5. The molecule has 0 aromatic heterocycles. The van der Waals surface area contributed by atoms with Gasteiger partial charge in [0.2, 0.25) is 0 Å². The fourth-order valence-corrected chi connectivity index (χ4v) is 3.35. The summed E-state index contributed by atoms with van der Waals surface area (Å²) in [7, 11) is -4.46. The molecule has 1 aliphatic rings. The van der Waals surface area contributed by atoms with Crippen LogP contribution in [0.25, 0.3) is 6.08 Å². The van der Waals surface area contributed by atoms with E-state index in [9.17, 15) is 32.9 Å². The van der Waals surface area contributed by atoms with Crippen molar-refractivity contribution in [2.75, 3.05) is 0 Å². The molecule has 12 heteroatoms. The molecule has 0 bridgehead atoms. The van der Waals surface area contributed by atoms with E-state index in [4.69, 9.17) is 4.18 Å². The highest BCUT2D eigenvalue weighted by molar-refractivity contribution is 7.87. The number of nitrogens with one attached hydrogen (secondary N) is 2. The molecule has 0 saturated carbocycles. The maximum atomic E-state index is 12.5. The van der Waals surface area contributed by atoms with Crippen LogP contribution in [0.2, 0.25) is 0 Å². The van der Waals surface area contributed by atoms with E-state index in [-0.39, 0.29) is 11.3 Å². The summed E-state index contributed by atoms with van der Waals surface area (Å²) < 4.78 is 30.1. The molecule has 148 valence electrons. The largest absolute Gasteiger partial charge is 0.378 e. The van der Waals surface area contributed by atoms with Crippen LogP contribution in [0, 0.1) is 10.1 Å². The summed E-state index contributed by atoms with van der Waals surface area (Å²) in [5.74, 6) is -2.16. The van der Waals surface area contributed by atoms with E-state index in [0.717, 1.165) is 24.3 Å². The smallest absolute Gasteiger partial charge is 0.339 e. The van der Waals surface area contributed by atoms with Gasteiger partial charge in [-0.05, 0) is 18.2 Å². The monoisotopic (exact) mass is 417 g/mol. The van der Waals surface area contributed by atoms with Gasteiger partial charge in [0, 0.05) is 17.7 Å². The summed E-state index contributed by atoms with van der Waals surface area (Å²) in [5, 5.41) is 14.6. The van der Waals surface area contributed by atoms with E-state index in [1.165, 1.54) is 30.3 Å². The standard InChI is InChI=1S/C17H11N3O8S/c21-15-13(16(22)19-17(23)18-15)8-10-4-1-2-7-14(10)28-29(26,27)12-6-3-5-11(9-12)20(24)25/h1-9H,(H2,18,19,21,22,23). The topological polar surface area (TPSA) is 162 Å². The molecule has 1 saturated heterocycles. The van der Waals surface area contributed by atoms with Crippen LogP contribution in [0.1, 0.15) is 5.56 Å². The van der Waals surface area contributed by atoms with E-state index in [2.05, 4.69) is 0 Å². The van der Waals surface area contributed by atoms with Gasteiger partial charge in [0.15, 0.2) is 0 Å². The SMILES string of the molecule is O=C1NC(=O)C(=Cc2ccccc2OS(=O)(=O)c2cccc([N+](=O)[O-])c2)C(=O)N1. The first-order chi connectivity index (χ1) is 13.7. The Morgan fingerprint density at radius 3 is 2.28 bits per heavy atom. The first kappa shape index (κ1) is 19.7. The van der Waals surface area contributed by atoms with Crippen molar-refractivity contribution in [3.05, 3.63) is 69.8 Å². The number of non-ortho nitro benzene ring substituents is 1. The summed E-state index contributed by atoms with van der Waals surface area (Å²) in [5.41, 5.74) is -0.824. The van der Waals surface area contributed by atoms with Gasteiger partial charge in [0.05, 0.1) is 4.92 Å². The highest BCUT2D eigenvalue weighted by Crippen LogP contribution is 2.26. The zero-order chi connectivity index (χ0) is 21.2. The van der Waals surface area contributed by atoms with Crippen LogP contribution in [0.3, 0.4) is 0 Å². The second-order valence-corrected chi connectivity index (χ2v) is 7.17. The number of nitro benzene ring substituents is 1. The third kappa shape index (κ3) is 4.27. The number of imide groups is 2. The summed E-state index contributed by atoms with van der Waals surface area (Å²) in [6.07, 6.45) is 1.05. The third-order valence-electron chi connectivity index (χ3n) is 3.68. The fraction of sp³-hybridized carbons (Fsp3) is 0. The molecule has 0 spiro atoms. The Bertz CT molecular complexity index is 1160. The van der Waals surface area contributed by atoms with E-state index in [1.54, 1.807) is 0 Å². The molecule has 1 heterocycles. The number of benzene rings is 2. The quantitative estimate of drug-likeness (QED) is 0.240. The highest BCUT2D eigenvalue weighted by atomic mass is 32.2. The summed E-state index contributed by atoms with van der Waals surface area (Å²) >= 11 is 0. The maximum Gasteiger partial charge on any atom is 0.339 e. The minimum atomic E-state index is -4.46. The molecule has 0 aliphatic carbocycles. The van der Waals surface area contributed by atoms with Crippen LogP contribution < -0.4 is 14.8 Å². The first-order valence-corrected chi connectivity index (χ1v) is 9.24. The lowest BCUT2D eigenvalue weighted by molar-refractivity contribution is -0.385. The zero-order valence-electron chi connectivity index (χ0n) is 14.3. The zero-order valence-corrected chi connectivity index (χ0v) is 15.1. The second-order valence-electron chi connectivity index (χ2n) is 5.63. The van der Waals surface area contributed by atoms with Gasteiger partial charge in [-0.1, -0.05) is 24.3 Å². The van der Waals surface area contributed by atoms with Crippen molar-refractivity contribution in [3.8, 4) is 5.75 Å². The molecule has 29 heavy (non-hydrogen) atoms. The molecule has 0 unspecified atom stereocenters. The molecular weight excluding hydrogens is 406 g/mol. The van der Waals surface area contributed by atoms with Gasteiger partial charge in [-0.15, -0.1) is 0 Å². The number of carbonyl (C=O) groups excluding carboxylic acids is 3. The molecule has 3 rings (SSSR count). The predicted molar refractivity (Wildman–Crippen MR) is 97.0 cm³/mol. The number of hydrogen-bond acceptors (Lipinski definition) is 8. The van der Waals surface area contributed by atoms with Gasteiger partial charge in [0.25, 0.3) is 17.5 Å². The molecule has 2 aromatic carbocycles. The predicted octanol–water partition coefficient (Wildman–Crippen LogP) is 1.11. The van der Waals surface area contributed by atoms with Gasteiger partial charge in [-0.25, -0.2) is 4.79 Å². The van der Waals surface area contributed by atoms with Gasteiger partial charge >= 0.3 is 16.1 Å². The molecule has 0 atom stereocenters. The van der Waals surface area contributed by atoms with E-state index in [0.29, 0.717) is 0 Å². The average molecular weight is 417 g/mol. The number of hydrogen-bond donors (Lipinski definition) is 2. The lowest BCUT2D eigenvalue weighted by Gasteiger charge is -2.15. The highest BCUT2D eigenvalue weighted by Gasteiger charge is 2.28. The van der Waals surface area contributed by atoms with E-state index in [1.807, 2.05) is 10.6 Å². The van der Waals surface area contributed by atoms with Crippen LogP contribution in [-0.2, 0) is 19.7 Å². The van der Waals surface area contributed by atoms with Crippen LogP contribution >= 0.6 is 0 Å². The van der Waals surface area contributed by atoms with Crippen molar-refractivity contribution in [2.45, 2.75) is 4.90 Å². The van der Waals surface area contributed by atoms with Crippen molar-refractivity contribution >= 4 is 39.7 Å². The van der Waals surface area contributed by atoms with Crippen LogP contribution in [0.5, 0.6) is 5.75 Å². The van der Waals surface area contributed by atoms with E-state index < -0.39 is 49.0 Å². The number of carbonyl (C=O) groups is 3. The first-order valence-electron chi connectivity index (χ1n) is 7.84. The van der Waals surface area contributed by atoms with Crippen molar-refractivity contribution in [1.29, 1.82) is 0 Å². The Balaban J connectivity index is 1.97. The van der Waals surface area contributed by atoms with Crippen LogP contribution in [0.15, 0.2) is 59.0 Å². The van der Waals surface area contributed by atoms with Gasteiger partial charge in [-0.3, -0.25) is 30.3 Å². The minimum Gasteiger partial charge on any atom is -0.378 e.